The molecule has 20 heavy (non-hydrogen) atoms. The number of rotatable bonds is 3. The molecule has 0 aromatic carbocycles. The number of nitrogens with zero attached hydrogens (tertiary/aromatic N) is 2. The van der Waals surface area contributed by atoms with E-state index in [2.05, 4.69) is 11.8 Å². The fourth-order valence-corrected chi connectivity index (χ4v) is 3.72. The first-order valence-electron chi connectivity index (χ1n) is 7.84. The first-order chi connectivity index (χ1) is 9.74. The molecule has 3 rings (SSSR count). The minimum atomic E-state index is -0.148. The van der Waals surface area contributed by atoms with Gasteiger partial charge in [0.2, 0.25) is 0 Å². The van der Waals surface area contributed by atoms with E-state index in [1.165, 1.54) is 24.1 Å². The third-order valence-corrected chi connectivity index (χ3v) is 4.87. The van der Waals surface area contributed by atoms with E-state index in [-0.39, 0.29) is 12.2 Å². The summed E-state index contributed by atoms with van der Waals surface area (Å²) in [5.41, 5.74) is 3.08. The van der Waals surface area contributed by atoms with Gasteiger partial charge in [-0.05, 0) is 31.0 Å². The summed E-state index contributed by atoms with van der Waals surface area (Å²) >= 11 is 0. The lowest BCUT2D eigenvalue weighted by Crippen LogP contribution is -2.38. The Morgan fingerprint density at radius 3 is 2.75 bits per heavy atom. The molecule has 0 radical (unpaired) electrons. The van der Waals surface area contributed by atoms with Gasteiger partial charge < -0.3 is 9.67 Å². The van der Waals surface area contributed by atoms with Crippen molar-refractivity contribution in [1.29, 1.82) is 0 Å². The topological polar surface area (TPSA) is 45.5 Å². The van der Waals surface area contributed by atoms with Gasteiger partial charge in [0.05, 0.1) is 6.61 Å². The van der Waals surface area contributed by atoms with Crippen molar-refractivity contribution < 1.29 is 5.11 Å². The maximum absolute atomic E-state index is 12.6. The Hall–Kier alpha value is -1.13. The minimum absolute atomic E-state index is 0.0445. The van der Waals surface area contributed by atoms with Crippen LogP contribution in [0.2, 0.25) is 0 Å². The SMILES string of the molecule is CCN1CCc2c(cc(CO)c(=O)n2C2CCCC2)C1. The van der Waals surface area contributed by atoms with E-state index < -0.39 is 0 Å². The molecular weight excluding hydrogens is 252 g/mol. The first kappa shape index (κ1) is 13.8. The average Bonchev–Trinajstić information content (AvgIpc) is 3.00. The van der Waals surface area contributed by atoms with E-state index in [0.717, 1.165) is 38.9 Å². The van der Waals surface area contributed by atoms with E-state index in [9.17, 15) is 9.90 Å². The fourth-order valence-electron chi connectivity index (χ4n) is 3.72. The Labute approximate surface area is 120 Å². The Bertz CT molecular complexity index is 544. The lowest BCUT2D eigenvalue weighted by Gasteiger charge is -2.31. The second-order valence-electron chi connectivity index (χ2n) is 6.03. The highest BCUT2D eigenvalue weighted by Crippen LogP contribution is 2.31. The van der Waals surface area contributed by atoms with Crippen molar-refractivity contribution in [3.05, 3.63) is 33.2 Å². The summed E-state index contributed by atoms with van der Waals surface area (Å²) in [4.78, 5) is 15.0. The van der Waals surface area contributed by atoms with Crippen molar-refractivity contribution in [3.8, 4) is 0 Å². The minimum Gasteiger partial charge on any atom is -0.391 e. The van der Waals surface area contributed by atoms with Gasteiger partial charge in [-0.3, -0.25) is 9.69 Å². The largest absolute Gasteiger partial charge is 0.391 e. The van der Waals surface area contributed by atoms with Gasteiger partial charge in [-0.2, -0.15) is 0 Å². The molecule has 0 atom stereocenters. The number of likely N-dealkylation sites (N-methyl/N-ethyl adjacent to an activating group) is 1. The van der Waals surface area contributed by atoms with E-state index in [4.69, 9.17) is 0 Å². The van der Waals surface area contributed by atoms with Crippen LogP contribution in [-0.2, 0) is 19.6 Å². The highest BCUT2D eigenvalue weighted by molar-refractivity contribution is 5.29. The van der Waals surface area contributed by atoms with E-state index in [1.807, 2.05) is 10.6 Å². The summed E-state index contributed by atoms with van der Waals surface area (Å²) < 4.78 is 2.03. The molecule has 2 aliphatic rings. The first-order valence-corrected chi connectivity index (χ1v) is 7.84. The van der Waals surface area contributed by atoms with Crippen LogP contribution in [0, 0.1) is 0 Å². The van der Waals surface area contributed by atoms with Crippen LogP contribution in [0.1, 0.15) is 55.5 Å². The van der Waals surface area contributed by atoms with Gasteiger partial charge >= 0.3 is 0 Å². The van der Waals surface area contributed by atoms with Crippen molar-refractivity contribution in [3.63, 3.8) is 0 Å². The maximum atomic E-state index is 12.6. The molecule has 1 aliphatic heterocycles. The lowest BCUT2D eigenvalue weighted by molar-refractivity contribution is 0.253. The lowest BCUT2D eigenvalue weighted by atomic mass is 10.0. The van der Waals surface area contributed by atoms with Gasteiger partial charge in [-0.25, -0.2) is 0 Å². The maximum Gasteiger partial charge on any atom is 0.256 e. The Kier molecular flexibility index (Phi) is 3.94. The molecule has 0 amide bonds. The van der Waals surface area contributed by atoms with Crippen LogP contribution in [0.15, 0.2) is 10.9 Å². The monoisotopic (exact) mass is 276 g/mol. The van der Waals surface area contributed by atoms with Gasteiger partial charge in [0.25, 0.3) is 5.56 Å². The summed E-state index contributed by atoms with van der Waals surface area (Å²) in [5.74, 6) is 0. The van der Waals surface area contributed by atoms with Crippen molar-refractivity contribution in [2.75, 3.05) is 13.1 Å². The van der Waals surface area contributed by atoms with E-state index in [0.29, 0.717) is 11.6 Å². The molecule has 0 bridgehead atoms. The molecule has 1 aromatic heterocycles. The van der Waals surface area contributed by atoms with Crippen molar-refractivity contribution >= 4 is 0 Å². The summed E-state index contributed by atoms with van der Waals surface area (Å²) in [6.07, 6.45) is 5.62. The summed E-state index contributed by atoms with van der Waals surface area (Å²) in [6, 6.07) is 2.29. The van der Waals surface area contributed by atoms with Gasteiger partial charge in [-0.15, -0.1) is 0 Å². The third-order valence-electron chi connectivity index (χ3n) is 4.87. The summed E-state index contributed by atoms with van der Waals surface area (Å²) in [6.45, 7) is 5.01. The number of aliphatic hydroxyl groups excluding tert-OH is 1. The molecule has 4 nitrogen and oxygen atoms in total. The van der Waals surface area contributed by atoms with Crippen molar-refractivity contribution in [1.82, 2.24) is 9.47 Å². The highest BCUT2D eigenvalue weighted by atomic mass is 16.3. The third kappa shape index (κ3) is 2.31. The number of aliphatic hydroxyl groups is 1. The second-order valence-corrected chi connectivity index (χ2v) is 6.03. The quantitative estimate of drug-likeness (QED) is 0.916. The van der Waals surface area contributed by atoms with Crippen LogP contribution in [0.3, 0.4) is 0 Å². The Morgan fingerprint density at radius 2 is 2.10 bits per heavy atom. The normalized spacial score (nSPS) is 20.3. The molecule has 1 aromatic rings. The summed E-state index contributed by atoms with van der Waals surface area (Å²) in [5, 5.41) is 9.48. The molecule has 1 N–H and O–H groups in total. The summed E-state index contributed by atoms with van der Waals surface area (Å²) in [7, 11) is 0. The number of aromatic nitrogens is 1. The number of pyridine rings is 1. The highest BCUT2D eigenvalue weighted by Gasteiger charge is 2.26. The van der Waals surface area contributed by atoms with Gasteiger partial charge in [0.15, 0.2) is 0 Å². The predicted molar refractivity (Wildman–Crippen MR) is 78.8 cm³/mol. The van der Waals surface area contributed by atoms with Crippen molar-refractivity contribution in [2.45, 2.75) is 58.2 Å². The molecule has 0 unspecified atom stereocenters. The Balaban J connectivity index is 2.09. The molecule has 0 spiro atoms. The van der Waals surface area contributed by atoms with Crippen LogP contribution in [0.25, 0.3) is 0 Å². The number of hydrogen-bond acceptors (Lipinski definition) is 3. The molecular formula is C16H24N2O2. The molecule has 2 heterocycles. The average molecular weight is 276 g/mol. The Morgan fingerprint density at radius 1 is 1.35 bits per heavy atom. The van der Waals surface area contributed by atoms with Gasteiger partial charge in [-0.1, -0.05) is 19.8 Å². The molecule has 1 aliphatic carbocycles. The molecule has 0 saturated heterocycles. The van der Waals surface area contributed by atoms with Crippen LogP contribution in [0.4, 0.5) is 0 Å². The van der Waals surface area contributed by atoms with Gasteiger partial charge in [0.1, 0.15) is 0 Å². The van der Waals surface area contributed by atoms with Crippen LogP contribution in [-0.4, -0.2) is 27.7 Å². The zero-order chi connectivity index (χ0) is 14.1. The predicted octanol–water partition coefficient (Wildman–Crippen LogP) is 1.83. The molecule has 1 saturated carbocycles. The number of fused-ring (bicyclic) bond motifs is 1. The smallest absolute Gasteiger partial charge is 0.256 e. The number of hydrogen-bond donors (Lipinski definition) is 1. The zero-order valence-corrected chi connectivity index (χ0v) is 12.3. The standard InChI is InChI=1S/C16H24N2O2/c1-2-17-8-7-15-12(10-17)9-13(11-19)16(20)18(15)14-5-3-4-6-14/h9,14,19H,2-8,10-11H2,1H3. The molecule has 110 valence electrons. The molecule has 1 fully saturated rings. The molecule has 4 heteroatoms. The van der Waals surface area contributed by atoms with Crippen molar-refractivity contribution in [2.24, 2.45) is 0 Å². The van der Waals surface area contributed by atoms with Gasteiger partial charge in [0, 0.05) is 36.8 Å². The van der Waals surface area contributed by atoms with Crippen LogP contribution >= 0.6 is 0 Å². The fraction of sp³-hybridized carbons (Fsp3) is 0.688. The van der Waals surface area contributed by atoms with E-state index in [1.54, 1.807) is 0 Å². The van der Waals surface area contributed by atoms with E-state index >= 15 is 0 Å². The second kappa shape index (κ2) is 5.70. The van der Waals surface area contributed by atoms with Crippen LogP contribution in [0.5, 0.6) is 0 Å². The zero-order valence-electron chi connectivity index (χ0n) is 12.3. The van der Waals surface area contributed by atoms with Crippen LogP contribution < -0.4 is 5.56 Å².